The topological polar surface area (TPSA) is 545 Å². The van der Waals surface area contributed by atoms with Crippen LogP contribution < -0.4 is 58.4 Å². The molecule has 0 aliphatic heterocycles. The van der Waals surface area contributed by atoms with E-state index in [1.54, 1.807) is 70.3 Å². The van der Waals surface area contributed by atoms with E-state index >= 15 is 0 Å². The van der Waals surface area contributed by atoms with Gasteiger partial charge in [0.15, 0.2) is 29.2 Å². The van der Waals surface area contributed by atoms with Crippen molar-refractivity contribution >= 4 is 115 Å². The predicted molar refractivity (Wildman–Crippen MR) is 404 cm³/mol. The number of pyridine rings is 1. The van der Waals surface area contributed by atoms with E-state index in [1.165, 1.54) is 55.8 Å². The molecular formula is C74H81N21O17. The second kappa shape index (κ2) is 34.5. The van der Waals surface area contributed by atoms with Crippen LogP contribution in [-0.4, -0.2) is 154 Å². The first kappa shape index (κ1) is 79.1. The number of allylic oxidation sites excluding steroid dienone is 4. The van der Waals surface area contributed by atoms with Crippen LogP contribution in [-0.2, 0) is 51.9 Å². The molecule has 0 unspecified atom stereocenters. The van der Waals surface area contributed by atoms with E-state index in [-0.39, 0.29) is 139 Å². The zero-order chi connectivity index (χ0) is 80.4. The molecular weight excluding hydrogens is 1450 g/mol. The number of methoxy groups -OCH3 is 1. The van der Waals surface area contributed by atoms with E-state index < -0.39 is 47.3 Å². The quantitative estimate of drug-likeness (QED) is 0.0145. The number of nitrogens with zero attached hydrogens (tertiary/aromatic N) is 13. The Labute approximate surface area is 636 Å². The molecule has 14 N–H and O–H groups in total. The van der Waals surface area contributed by atoms with Gasteiger partial charge in [-0.3, -0.25) is 64.2 Å². The Kier molecular flexibility index (Phi) is 24.4. The Morgan fingerprint density at radius 1 is 0.411 bits per heavy atom. The first-order valence-electron chi connectivity index (χ1n) is 35.4. The maximum atomic E-state index is 13.6. The van der Waals surface area contributed by atoms with E-state index in [1.807, 2.05) is 27.7 Å². The molecule has 12 aromatic rings. The number of aliphatic hydroxyl groups is 2. The number of nitrogens with two attached hydrogens (primary N) is 4. The summed E-state index contributed by atoms with van der Waals surface area (Å²) in [6, 6.07) is 10.4. The van der Waals surface area contributed by atoms with Gasteiger partial charge in [0.05, 0.1) is 65.2 Å². The van der Waals surface area contributed by atoms with Crippen LogP contribution in [0.15, 0.2) is 90.6 Å². The molecule has 584 valence electrons. The Balaban J connectivity index is 0.000000222. The van der Waals surface area contributed by atoms with Crippen LogP contribution in [0.5, 0.6) is 17.2 Å². The number of carbonyl (C=O) groups is 8. The zero-order valence-electron chi connectivity index (χ0n) is 62.5. The van der Waals surface area contributed by atoms with E-state index in [9.17, 15) is 48.6 Å². The highest BCUT2D eigenvalue weighted by molar-refractivity contribution is 6.07. The summed E-state index contributed by atoms with van der Waals surface area (Å²) in [5, 5.41) is 30.0. The Morgan fingerprint density at radius 2 is 0.696 bits per heavy atom. The van der Waals surface area contributed by atoms with Crippen LogP contribution in [0.4, 0.5) is 23.8 Å². The normalized spacial score (nSPS) is 11.5. The molecule has 0 fully saturated rings. The zero-order valence-corrected chi connectivity index (χ0v) is 62.5. The van der Waals surface area contributed by atoms with Crippen molar-refractivity contribution in [1.29, 1.82) is 0 Å². The number of carbonyl (C=O) groups excluding carboxylic acids is 8. The molecule has 0 aliphatic carbocycles. The SMILES string of the molecule is CCc1nc(C)oc1C(=O)Nc1nc2cc(C(N)=O)cc(OC)c2n1C/C=C/Cn1c(NC(=O)c2oc(C)nc2CC)nc2cc(C(N)=O)cc(OCCCO)c21.CCc1nc(C)oc1C(=O)Nc1nc2cc(C(N)=O)cnc2n1C/C=C/Cn1c(NC(=O)c2oc(C)nc2CC)nc2cc(C(N)=O)cc(OCCCO)c21. The predicted octanol–water partition coefficient (Wildman–Crippen LogP) is 7.05. The first-order valence-corrected chi connectivity index (χ1v) is 35.4. The van der Waals surface area contributed by atoms with Crippen molar-refractivity contribution in [1.82, 2.24) is 63.1 Å². The molecule has 0 bridgehead atoms. The summed E-state index contributed by atoms with van der Waals surface area (Å²) in [5.41, 5.74) is 27.7. The summed E-state index contributed by atoms with van der Waals surface area (Å²) in [4.78, 5) is 143. The fourth-order valence-corrected chi connectivity index (χ4v) is 12.1. The van der Waals surface area contributed by atoms with Crippen molar-refractivity contribution in [3.63, 3.8) is 0 Å². The van der Waals surface area contributed by atoms with Gasteiger partial charge in [-0.25, -0.2) is 44.9 Å². The molecule has 12 rings (SSSR count). The molecule has 0 saturated carbocycles. The number of imidazole rings is 4. The average Bonchev–Trinajstić information content (AvgIpc) is 1.66. The van der Waals surface area contributed by atoms with Crippen molar-refractivity contribution in [2.75, 3.05) is 54.8 Å². The summed E-state index contributed by atoms with van der Waals surface area (Å²) >= 11 is 0. The van der Waals surface area contributed by atoms with Crippen LogP contribution in [0, 0.1) is 27.7 Å². The van der Waals surface area contributed by atoms with Gasteiger partial charge in [-0.2, -0.15) is 0 Å². The second-order valence-corrected chi connectivity index (χ2v) is 25.0. The highest BCUT2D eigenvalue weighted by atomic mass is 16.5. The van der Waals surface area contributed by atoms with Crippen molar-refractivity contribution < 1.29 is 80.4 Å². The molecule has 8 amide bonds. The molecule has 0 aliphatic rings. The number of hydrogen-bond acceptors (Lipinski definition) is 26. The number of fused-ring (bicyclic) bond motifs is 4. The van der Waals surface area contributed by atoms with Gasteiger partial charge < -0.3 is 78.7 Å². The van der Waals surface area contributed by atoms with Crippen LogP contribution >= 0.6 is 0 Å². The van der Waals surface area contributed by atoms with E-state index in [0.29, 0.717) is 129 Å². The van der Waals surface area contributed by atoms with Crippen LogP contribution in [0.1, 0.15) is 171 Å². The third kappa shape index (κ3) is 17.1. The van der Waals surface area contributed by atoms with Crippen LogP contribution in [0.25, 0.3) is 44.3 Å². The van der Waals surface area contributed by atoms with Crippen LogP contribution in [0.2, 0.25) is 0 Å². The van der Waals surface area contributed by atoms with Gasteiger partial charge in [-0.05, 0) is 68.1 Å². The number of ether oxygens (including phenoxy) is 3. The van der Waals surface area contributed by atoms with Crippen molar-refractivity contribution in [3.05, 3.63) is 165 Å². The monoisotopic (exact) mass is 1540 g/mol. The standard InChI is InChI=1S/C38H42N10O9.C36H39N11O8/c1-6-23-31(56-19(3)41-23)35(52)45-37-43-25-15-21(33(39)50)17-27(54-5)29(25)47(37)11-8-9-12-48-30-26(16-22(34(40)51)18-28(30)55-14-10-13-49)44-38(48)46-36(53)32-24(7-2)42-20(4)57-32;1-5-22-28(54-18(3)40-22)33(51)44-35-42-24-14-20(30(37)49)16-26(53-13-9-12-48)27(24)46(35)10-7-8-11-47-32-25(15-21(17-39-32)31(38)50)43-36(47)45-34(52)29-23(6-2)41-19(4)55-29/h8-9,15-18,49H,6-7,10-14H2,1-5H3,(H2,39,50)(H2,40,51)(H,43,45,52)(H,44,46,53);7-8,14-17,48H,5-6,9-13H2,1-4H3,(H2,37,49)(H2,38,50)(H,42,44,51)(H,43,45,52)/b9-8+;8-7+. The Bertz CT molecular complexity index is 5700. The van der Waals surface area contributed by atoms with Crippen molar-refractivity contribution in [3.8, 4) is 17.2 Å². The summed E-state index contributed by atoms with van der Waals surface area (Å²) in [5.74, 6) is -2.47. The van der Waals surface area contributed by atoms with Gasteiger partial charge in [0.25, 0.3) is 23.6 Å². The molecule has 0 spiro atoms. The minimum atomic E-state index is -0.716. The number of nitrogens with one attached hydrogen (secondary N) is 4. The molecule has 38 heteroatoms. The number of amides is 8. The Hall–Kier alpha value is -13.9. The van der Waals surface area contributed by atoms with Gasteiger partial charge in [-0.15, -0.1) is 0 Å². The maximum Gasteiger partial charge on any atom is 0.295 e. The van der Waals surface area contributed by atoms with Gasteiger partial charge >= 0.3 is 0 Å². The lowest BCUT2D eigenvalue weighted by Crippen LogP contribution is -2.17. The summed E-state index contributed by atoms with van der Waals surface area (Å²) in [7, 11) is 1.43. The third-order valence-electron chi connectivity index (χ3n) is 17.3. The molecule has 0 saturated heterocycles. The number of aromatic nitrogens is 13. The number of anilines is 4. The van der Waals surface area contributed by atoms with Gasteiger partial charge in [0.2, 0.25) is 70.5 Å². The second-order valence-electron chi connectivity index (χ2n) is 25.0. The number of oxazole rings is 4. The number of hydrogen-bond donors (Lipinski definition) is 10. The fraction of sp³-hybridized carbons (Fsp3) is 0.311. The molecule has 9 heterocycles. The lowest BCUT2D eigenvalue weighted by molar-refractivity contribution is 0.0985. The summed E-state index contributed by atoms with van der Waals surface area (Å²) in [6.07, 6.45) is 10.9. The lowest BCUT2D eigenvalue weighted by Gasteiger charge is -2.13. The largest absolute Gasteiger partial charge is 0.494 e. The van der Waals surface area contributed by atoms with Gasteiger partial charge in [0.1, 0.15) is 39.3 Å². The molecule has 0 atom stereocenters. The smallest absolute Gasteiger partial charge is 0.295 e. The lowest BCUT2D eigenvalue weighted by atomic mass is 10.1. The van der Waals surface area contributed by atoms with E-state index in [0.717, 1.165) is 0 Å². The number of rotatable bonds is 33. The summed E-state index contributed by atoms with van der Waals surface area (Å²) < 4.78 is 46.7. The molecule has 0 radical (unpaired) electrons. The minimum Gasteiger partial charge on any atom is -0.494 e. The highest BCUT2D eigenvalue weighted by Gasteiger charge is 2.29. The number of primary amides is 4. The third-order valence-corrected chi connectivity index (χ3v) is 17.3. The van der Waals surface area contributed by atoms with Crippen molar-refractivity contribution in [2.24, 2.45) is 22.9 Å². The summed E-state index contributed by atoms with van der Waals surface area (Å²) in [6.45, 7) is 14.4. The number of aliphatic hydroxyl groups excluding tert-OH is 2. The van der Waals surface area contributed by atoms with Gasteiger partial charge in [0, 0.05) is 103 Å². The Morgan fingerprint density at radius 3 is 1.00 bits per heavy atom. The molecule has 112 heavy (non-hydrogen) atoms. The number of benzene rings is 3. The molecule has 38 nitrogen and oxygen atoms in total. The van der Waals surface area contributed by atoms with Crippen molar-refractivity contribution in [2.45, 2.75) is 120 Å². The van der Waals surface area contributed by atoms with E-state index in [4.69, 9.17) is 54.8 Å². The molecule has 3 aromatic carbocycles. The average molecular weight is 1540 g/mol. The number of aryl methyl sites for hydroxylation is 8. The maximum absolute atomic E-state index is 13.6. The minimum absolute atomic E-state index is 0.0305. The van der Waals surface area contributed by atoms with E-state index in [2.05, 4.69) is 66.1 Å². The van der Waals surface area contributed by atoms with Crippen LogP contribution in [0.3, 0.4) is 0 Å². The van der Waals surface area contributed by atoms with Gasteiger partial charge in [-0.1, -0.05) is 52.0 Å². The highest BCUT2D eigenvalue weighted by Crippen LogP contribution is 2.36. The first-order chi connectivity index (χ1) is 53.8. The fourth-order valence-electron chi connectivity index (χ4n) is 12.1. The molecule has 9 aromatic heterocycles.